The number of carbonyl (C=O) groups excluding carboxylic acids is 1. The first kappa shape index (κ1) is 14.6. The molecular formula is C14H9BrF3NO. The van der Waals surface area contributed by atoms with Gasteiger partial charge in [0.2, 0.25) is 0 Å². The number of rotatable bonds is 2. The molecule has 104 valence electrons. The average Bonchev–Trinajstić information content (AvgIpc) is 2.40. The molecule has 2 N–H and O–H groups in total. The van der Waals surface area contributed by atoms with Crippen molar-refractivity contribution < 1.29 is 18.0 Å². The lowest BCUT2D eigenvalue weighted by Crippen LogP contribution is -2.14. The van der Waals surface area contributed by atoms with Crippen molar-refractivity contribution in [3.63, 3.8) is 0 Å². The van der Waals surface area contributed by atoms with E-state index in [1.165, 1.54) is 18.2 Å². The summed E-state index contributed by atoms with van der Waals surface area (Å²) in [4.78, 5) is 12.3. The molecule has 0 radical (unpaired) electrons. The third-order valence-corrected chi connectivity index (χ3v) is 3.47. The molecule has 0 fully saturated rings. The molecule has 0 amide bonds. The highest BCUT2D eigenvalue weighted by Crippen LogP contribution is 2.34. The molecule has 0 spiro atoms. The lowest BCUT2D eigenvalue weighted by molar-refractivity contribution is -0.137. The van der Waals surface area contributed by atoms with Crippen LogP contribution in [-0.4, -0.2) is 5.78 Å². The minimum Gasteiger partial charge on any atom is -0.397 e. The van der Waals surface area contributed by atoms with Crippen LogP contribution in [0.15, 0.2) is 46.9 Å². The Morgan fingerprint density at radius 1 is 1.00 bits per heavy atom. The Hall–Kier alpha value is -1.82. The Bertz CT molecular complexity index is 668. The zero-order valence-corrected chi connectivity index (χ0v) is 11.6. The predicted molar refractivity (Wildman–Crippen MR) is 73.4 cm³/mol. The van der Waals surface area contributed by atoms with Gasteiger partial charge in [-0.1, -0.05) is 24.3 Å². The second kappa shape index (κ2) is 5.28. The highest BCUT2D eigenvalue weighted by Gasteiger charge is 2.35. The molecule has 20 heavy (non-hydrogen) atoms. The van der Waals surface area contributed by atoms with Gasteiger partial charge in [0.1, 0.15) is 0 Å². The van der Waals surface area contributed by atoms with E-state index < -0.39 is 23.1 Å². The first-order chi connectivity index (χ1) is 9.32. The quantitative estimate of drug-likeness (QED) is 0.653. The minimum absolute atomic E-state index is 0.0380. The molecule has 0 aliphatic carbocycles. The van der Waals surface area contributed by atoms with Gasteiger partial charge in [-0.2, -0.15) is 13.2 Å². The molecule has 0 saturated heterocycles. The number of halogens is 4. The van der Waals surface area contributed by atoms with Crippen molar-refractivity contribution in [3.8, 4) is 0 Å². The Morgan fingerprint density at radius 3 is 2.25 bits per heavy atom. The summed E-state index contributed by atoms with van der Waals surface area (Å²) in [5.74, 6) is -0.753. The molecule has 2 aromatic rings. The number of hydrogen-bond acceptors (Lipinski definition) is 2. The second-order valence-electron chi connectivity index (χ2n) is 4.07. The van der Waals surface area contributed by atoms with Crippen LogP contribution in [0.1, 0.15) is 21.5 Å². The van der Waals surface area contributed by atoms with Gasteiger partial charge in [-0.25, -0.2) is 0 Å². The molecule has 0 heterocycles. The molecule has 0 aliphatic rings. The first-order valence-electron chi connectivity index (χ1n) is 5.57. The molecule has 0 bridgehead atoms. The molecule has 0 aromatic heterocycles. The van der Waals surface area contributed by atoms with E-state index in [4.69, 9.17) is 5.73 Å². The highest BCUT2D eigenvalue weighted by molar-refractivity contribution is 9.10. The van der Waals surface area contributed by atoms with Crippen molar-refractivity contribution >= 4 is 27.4 Å². The van der Waals surface area contributed by atoms with E-state index in [9.17, 15) is 18.0 Å². The van der Waals surface area contributed by atoms with Crippen LogP contribution in [0.25, 0.3) is 0 Å². The smallest absolute Gasteiger partial charge is 0.397 e. The average molecular weight is 344 g/mol. The van der Waals surface area contributed by atoms with E-state index in [2.05, 4.69) is 15.9 Å². The maximum Gasteiger partial charge on any atom is 0.417 e. The van der Waals surface area contributed by atoms with Gasteiger partial charge < -0.3 is 5.73 Å². The molecule has 2 nitrogen and oxygen atoms in total. The second-order valence-corrected chi connectivity index (χ2v) is 4.93. The molecule has 0 aliphatic heterocycles. The highest BCUT2D eigenvalue weighted by atomic mass is 79.9. The largest absolute Gasteiger partial charge is 0.417 e. The molecule has 2 rings (SSSR count). The zero-order valence-electron chi connectivity index (χ0n) is 10.0. The van der Waals surface area contributed by atoms with E-state index in [0.717, 1.165) is 12.1 Å². The van der Waals surface area contributed by atoms with E-state index in [1.807, 2.05) is 0 Å². The van der Waals surface area contributed by atoms with Crippen molar-refractivity contribution in [2.45, 2.75) is 6.18 Å². The van der Waals surface area contributed by atoms with Crippen molar-refractivity contribution in [3.05, 3.63) is 63.6 Å². The van der Waals surface area contributed by atoms with Crippen LogP contribution in [-0.2, 0) is 6.18 Å². The fourth-order valence-electron chi connectivity index (χ4n) is 1.81. The van der Waals surface area contributed by atoms with E-state index in [1.54, 1.807) is 12.1 Å². The molecule has 0 unspecified atom stereocenters. The topological polar surface area (TPSA) is 43.1 Å². The van der Waals surface area contributed by atoms with E-state index in [-0.39, 0.29) is 11.3 Å². The fourth-order valence-corrected chi connectivity index (χ4v) is 2.17. The SMILES string of the molecule is Nc1c(Br)cccc1C(=O)c1ccccc1C(F)(F)F. The van der Waals surface area contributed by atoms with Crippen LogP contribution in [0.3, 0.4) is 0 Å². The normalized spacial score (nSPS) is 11.4. The summed E-state index contributed by atoms with van der Waals surface area (Å²) in [6, 6.07) is 9.20. The van der Waals surface area contributed by atoms with Crippen LogP contribution in [0.5, 0.6) is 0 Å². The molecule has 6 heteroatoms. The van der Waals surface area contributed by atoms with Crippen molar-refractivity contribution in [1.29, 1.82) is 0 Å². The summed E-state index contributed by atoms with van der Waals surface area (Å²) in [6.45, 7) is 0. The molecular weight excluding hydrogens is 335 g/mol. The zero-order chi connectivity index (χ0) is 14.9. The van der Waals surface area contributed by atoms with Gasteiger partial charge in [-0.3, -0.25) is 4.79 Å². The van der Waals surface area contributed by atoms with Crippen LogP contribution < -0.4 is 5.73 Å². The maximum atomic E-state index is 12.9. The van der Waals surface area contributed by atoms with Gasteiger partial charge in [0.15, 0.2) is 5.78 Å². The number of nitrogen functional groups attached to an aromatic ring is 1. The number of hydrogen-bond donors (Lipinski definition) is 1. The number of carbonyl (C=O) groups is 1. The van der Waals surface area contributed by atoms with Gasteiger partial charge in [0, 0.05) is 15.6 Å². The van der Waals surface area contributed by atoms with Crippen LogP contribution in [0, 0.1) is 0 Å². The number of nitrogens with two attached hydrogens (primary N) is 1. The third-order valence-electron chi connectivity index (χ3n) is 2.77. The van der Waals surface area contributed by atoms with Gasteiger partial charge in [-0.15, -0.1) is 0 Å². The van der Waals surface area contributed by atoms with Crippen LogP contribution >= 0.6 is 15.9 Å². The Labute approximate surface area is 121 Å². The van der Waals surface area contributed by atoms with Crippen molar-refractivity contribution in [1.82, 2.24) is 0 Å². The fraction of sp³-hybridized carbons (Fsp3) is 0.0714. The number of benzene rings is 2. The molecule has 0 atom stereocenters. The third kappa shape index (κ3) is 2.70. The number of alkyl halides is 3. The Balaban J connectivity index is 2.58. The van der Waals surface area contributed by atoms with E-state index >= 15 is 0 Å². The Morgan fingerprint density at radius 2 is 1.60 bits per heavy atom. The Kier molecular flexibility index (Phi) is 3.85. The van der Waals surface area contributed by atoms with E-state index in [0.29, 0.717) is 4.47 Å². The standard InChI is InChI=1S/C14H9BrF3NO/c15-11-7-3-5-9(12(11)19)13(20)8-4-1-2-6-10(8)14(16,17)18/h1-7H,19H2. The summed E-state index contributed by atoms with van der Waals surface area (Å²) < 4.78 is 39.2. The minimum atomic E-state index is -4.59. The van der Waals surface area contributed by atoms with Gasteiger partial charge in [0.05, 0.1) is 11.3 Å². The summed E-state index contributed by atoms with van der Waals surface area (Å²) in [6.07, 6.45) is -4.59. The molecule has 0 saturated carbocycles. The lowest BCUT2D eigenvalue weighted by atomic mass is 9.97. The first-order valence-corrected chi connectivity index (χ1v) is 6.36. The maximum absolute atomic E-state index is 12.9. The monoisotopic (exact) mass is 343 g/mol. The van der Waals surface area contributed by atoms with Gasteiger partial charge >= 0.3 is 6.18 Å². The number of anilines is 1. The van der Waals surface area contributed by atoms with Crippen LogP contribution in [0.4, 0.5) is 18.9 Å². The van der Waals surface area contributed by atoms with Gasteiger partial charge in [-0.05, 0) is 34.1 Å². The summed E-state index contributed by atoms with van der Waals surface area (Å²) in [5, 5.41) is 0. The van der Waals surface area contributed by atoms with Crippen LogP contribution in [0.2, 0.25) is 0 Å². The van der Waals surface area contributed by atoms with Gasteiger partial charge in [0.25, 0.3) is 0 Å². The number of para-hydroxylation sites is 1. The van der Waals surface area contributed by atoms with Crippen molar-refractivity contribution in [2.75, 3.05) is 5.73 Å². The summed E-state index contributed by atoms with van der Waals surface area (Å²) in [7, 11) is 0. The summed E-state index contributed by atoms with van der Waals surface area (Å²) in [5.41, 5.74) is 4.51. The lowest BCUT2D eigenvalue weighted by Gasteiger charge is -2.13. The predicted octanol–water partition coefficient (Wildman–Crippen LogP) is 4.28. The molecule has 2 aromatic carbocycles. The summed E-state index contributed by atoms with van der Waals surface area (Å²) >= 11 is 3.15. The number of ketones is 1. The van der Waals surface area contributed by atoms with Crippen molar-refractivity contribution in [2.24, 2.45) is 0 Å².